The average Bonchev–Trinajstić information content (AvgIpc) is 2.53. The highest BCUT2D eigenvalue weighted by Crippen LogP contribution is 2.35. The number of carbonyl (C=O) groups excluding carboxylic acids is 1. The van der Waals surface area contributed by atoms with Gasteiger partial charge in [0.15, 0.2) is 0 Å². The third kappa shape index (κ3) is 3.33. The van der Waals surface area contributed by atoms with Gasteiger partial charge in [-0.1, -0.05) is 25.3 Å². The van der Waals surface area contributed by atoms with Gasteiger partial charge in [-0.3, -0.25) is 4.79 Å². The number of halogens is 3. The number of rotatable bonds is 3. The third-order valence-electron chi connectivity index (χ3n) is 4.46. The smallest absolute Gasteiger partial charge is 0.416 e. The van der Waals surface area contributed by atoms with Crippen molar-refractivity contribution in [2.75, 3.05) is 7.05 Å². The number of alkyl halides is 3. The molecule has 0 bridgehead atoms. The highest BCUT2D eigenvalue weighted by atomic mass is 19.4. The lowest BCUT2D eigenvalue weighted by molar-refractivity contribution is -0.151. The van der Waals surface area contributed by atoms with Gasteiger partial charge >= 0.3 is 12.1 Å². The molecular weight excluding hydrogens is 311 g/mol. The Labute approximate surface area is 131 Å². The fourth-order valence-corrected chi connectivity index (χ4v) is 3.05. The number of carboxylic acid groups (broad SMARTS) is 1. The average molecular weight is 329 g/mol. The molecule has 0 radical (unpaired) electrons. The summed E-state index contributed by atoms with van der Waals surface area (Å²) in [6.07, 6.45) is -1.70. The molecule has 1 amide bonds. The van der Waals surface area contributed by atoms with Crippen LogP contribution in [0.4, 0.5) is 13.2 Å². The Morgan fingerprint density at radius 2 is 1.78 bits per heavy atom. The predicted octanol–water partition coefficient (Wildman–Crippen LogP) is 3.56. The van der Waals surface area contributed by atoms with Crippen molar-refractivity contribution in [2.24, 2.45) is 0 Å². The van der Waals surface area contributed by atoms with Crippen molar-refractivity contribution >= 4 is 11.9 Å². The summed E-state index contributed by atoms with van der Waals surface area (Å²) in [6, 6.07) is 4.06. The van der Waals surface area contributed by atoms with Crippen LogP contribution in [-0.2, 0) is 11.0 Å². The van der Waals surface area contributed by atoms with E-state index < -0.39 is 29.2 Å². The van der Waals surface area contributed by atoms with E-state index in [2.05, 4.69) is 0 Å². The van der Waals surface area contributed by atoms with Gasteiger partial charge in [-0.25, -0.2) is 4.79 Å². The van der Waals surface area contributed by atoms with Crippen molar-refractivity contribution in [1.29, 1.82) is 0 Å². The second-order valence-electron chi connectivity index (χ2n) is 5.84. The van der Waals surface area contributed by atoms with Gasteiger partial charge in [0, 0.05) is 12.6 Å². The first-order valence-corrected chi connectivity index (χ1v) is 7.37. The Kier molecular flexibility index (Phi) is 4.68. The SMILES string of the molecule is CN(C(=O)c1cccc(C(F)(F)F)c1)C1(C(=O)O)CCCCC1. The Morgan fingerprint density at radius 1 is 1.17 bits per heavy atom. The fourth-order valence-electron chi connectivity index (χ4n) is 3.05. The van der Waals surface area contributed by atoms with Crippen molar-refractivity contribution in [3.8, 4) is 0 Å². The molecule has 1 aromatic rings. The minimum Gasteiger partial charge on any atom is -0.479 e. The molecule has 126 valence electrons. The minimum atomic E-state index is -4.55. The number of hydrogen-bond donors (Lipinski definition) is 1. The highest BCUT2D eigenvalue weighted by molar-refractivity contribution is 5.98. The third-order valence-corrected chi connectivity index (χ3v) is 4.46. The van der Waals surface area contributed by atoms with Gasteiger partial charge in [-0.15, -0.1) is 0 Å². The first kappa shape index (κ1) is 17.3. The van der Waals surface area contributed by atoms with E-state index in [0.717, 1.165) is 29.5 Å². The molecule has 7 heteroatoms. The summed E-state index contributed by atoms with van der Waals surface area (Å²) in [5.41, 5.74) is -2.43. The van der Waals surface area contributed by atoms with E-state index in [9.17, 15) is 27.9 Å². The summed E-state index contributed by atoms with van der Waals surface area (Å²) < 4.78 is 38.3. The van der Waals surface area contributed by atoms with E-state index in [1.165, 1.54) is 13.1 Å². The van der Waals surface area contributed by atoms with Gasteiger partial charge in [-0.2, -0.15) is 13.2 Å². The van der Waals surface area contributed by atoms with Gasteiger partial charge in [0.1, 0.15) is 5.54 Å². The summed E-state index contributed by atoms with van der Waals surface area (Å²) in [4.78, 5) is 25.3. The first-order chi connectivity index (χ1) is 10.7. The van der Waals surface area contributed by atoms with E-state index in [0.29, 0.717) is 25.7 Å². The highest BCUT2D eigenvalue weighted by Gasteiger charge is 2.45. The molecule has 1 N–H and O–H groups in total. The van der Waals surface area contributed by atoms with Crippen LogP contribution in [-0.4, -0.2) is 34.5 Å². The standard InChI is InChI=1S/C16H18F3NO3/c1-20(15(14(22)23)8-3-2-4-9-15)13(21)11-6-5-7-12(10-11)16(17,18)19/h5-7,10H,2-4,8-9H2,1H3,(H,22,23). The number of hydrogen-bond acceptors (Lipinski definition) is 2. The molecule has 4 nitrogen and oxygen atoms in total. The van der Waals surface area contributed by atoms with E-state index in [1.807, 2.05) is 0 Å². The predicted molar refractivity (Wildman–Crippen MR) is 77.0 cm³/mol. The van der Waals surface area contributed by atoms with Gasteiger partial charge in [0.2, 0.25) is 0 Å². The van der Waals surface area contributed by atoms with Crippen LogP contribution in [0.2, 0.25) is 0 Å². The molecule has 1 aliphatic carbocycles. The Hall–Kier alpha value is -2.05. The molecule has 0 aliphatic heterocycles. The zero-order valence-corrected chi connectivity index (χ0v) is 12.7. The van der Waals surface area contributed by atoms with Crippen LogP contribution in [0.15, 0.2) is 24.3 Å². The number of aliphatic carboxylic acids is 1. The Bertz CT molecular complexity index is 607. The maximum absolute atomic E-state index is 12.8. The Morgan fingerprint density at radius 3 is 2.30 bits per heavy atom. The monoisotopic (exact) mass is 329 g/mol. The largest absolute Gasteiger partial charge is 0.479 e. The lowest BCUT2D eigenvalue weighted by Gasteiger charge is -2.41. The number of carbonyl (C=O) groups is 2. The number of carboxylic acids is 1. The van der Waals surface area contributed by atoms with Crippen LogP contribution in [0.1, 0.15) is 48.0 Å². The quantitative estimate of drug-likeness (QED) is 0.922. The lowest BCUT2D eigenvalue weighted by atomic mass is 9.80. The normalized spacial score (nSPS) is 17.6. The maximum Gasteiger partial charge on any atom is 0.416 e. The van der Waals surface area contributed by atoms with Gasteiger partial charge in [0.25, 0.3) is 5.91 Å². The van der Waals surface area contributed by atoms with Gasteiger partial charge in [0.05, 0.1) is 5.56 Å². The first-order valence-electron chi connectivity index (χ1n) is 7.37. The molecule has 1 fully saturated rings. The molecule has 1 saturated carbocycles. The number of likely N-dealkylation sites (N-methyl/N-ethyl adjacent to an activating group) is 1. The molecule has 1 aliphatic rings. The number of nitrogens with zero attached hydrogens (tertiary/aromatic N) is 1. The molecule has 0 heterocycles. The van der Waals surface area contributed by atoms with Crippen molar-refractivity contribution in [3.63, 3.8) is 0 Å². The van der Waals surface area contributed by atoms with Crippen LogP contribution >= 0.6 is 0 Å². The van der Waals surface area contributed by atoms with E-state index >= 15 is 0 Å². The van der Waals surface area contributed by atoms with E-state index in [-0.39, 0.29) is 5.56 Å². The summed E-state index contributed by atoms with van der Waals surface area (Å²) in [7, 11) is 1.35. The topological polar surface area (TPSA) is 57.6 Å². The van der Waals surface area contributed by atoms with Crippen molar-refractivity contribution in [1.82, 2.24) is 4.90 Å². The second-order valence-corrected chi connectivity index (χ2v) is 5.84. The van der Waals surface area contributed by atoms with Crippen LogP contribution in [0.3, 0.4) is 0 Å². The fraction of sp³-hybridized carbons (Fsp3) is 0.500. The van der Waals surface area contributed by atoms with E-state index in [1.54, 1.807) is 0 Å². The van der Waals surface area contributed by atoms with Crippen molar-refractivity contribution in [3.05, 3.63) is 35.4 Å². The van der Waals surface area contributed by atoms with Crippen LogP contribution in [0.25, 0.3) is 0 Å². The molecule has 0 aromatic heterocycles. The molecule has 0 saturated heterocycles. The lowest BCUT2D eigenvalue weighted by Crippen LogP contribution is -2.56. The van der Waals surface area contributed by atoms with Crippen molar-refractivity contribution < 1.29 is 27.9 Å². The van der Waals surface area contributed by atoms with Crippen LogP contribution < -0.4 is 0 Å². The molecule has 23 heavy (non-hydrogen) atoms. The van der Waals surface area contributed by atoms with Gasteiger partial charge in [-0.05, 0) is 31.0 Å². The number of benzene rings is 1. The summed E-state index contributed by atoms with van der Waals surface area (Å²) >= 11 is 0. The zero-order valence-electron chi connectivity index (χ0n) is 12.7. The van der Waals surface area contributed by atoms with Gasteiger partial charge < -0.3 is 10.0 Å². The van der Waals surface area contributed by atoms with Crippen LogP contribution in [0.5, 0.6) is 0 Å². The minimum absolute atomic E-state index is 0.159. The van der Waals surface area contributed by atoms with E-state index in [4.69, 9.17) is 0 Å². The maximum atomic E-state index is 12.8. The molecule has 2 rings (SSSR count). The second kappa shape index (κ2) is 6.22. The molecule has 1 aromatic carbocycles. The van der Waals surface area contributed by atoms with Crippen molar-refractivity contribution in [2.45, 2.75) is 43.8 Å². The molecule has 0 unspecified atom stereocenters. The zero-order chi connectivity index (χ0) is 17.3. The molecule has 0 atom stereocenters. The summed E-state index contributed by atoms with van der Waals surface area (Å²) in [5.74, 6) is -1.82. The molecular formula is C16H18F3NO3. The summed E-state index contributed by atoms with van der Waals surface area (Å²) in [6.45, 7) is 0. The number of amides is 1. The summed E-state index contributed by atoms with van der Waals surface area (Å²) in [5, 5.41) is 9.56. The Balaban J connectivity index is 2.33. The molecule has 0 spiro atoms. The van der Waals surface area contributed by atoms with Crippen LogP contribution in [0, 0.1) is 0 Å².